The van der Waals surface area contributed by atoms with Crippen LogP contribution < -0.4 is 10.5 Å². The highest BCUT2D eigenvalue weighted by Gasteiger charge is 2.14. The Balaban J connectivity index is 1.26. The summed E-state index contributed by atoms with van der Waals surface area (Å²) in [5.74, 6) is 0. The second kappa shape index (κ2) is 10.0. The zero-order valence-corrected chi connectivity index (χ0v) is 21.7. The molecule has 0 fully saturated rings. The van der Waals surface area contributed by atoms with Crippen molar-refractivity contribution in [2.45, 2.75) is 0 Å². The Kier molecular flexibility index (Phi) is 5.95. The molecular weight excluding hydrogens is 490 g/mol. The van der Waals surface area contributed by atoms with Crippen molar-refractivity contribution in [3.05, 3.63) is 162 Å². The monoisotopic (exact) mass is 515 g/mol. The van der Waals surface area contributed by atoms with Crippen LogP contribution in [-0.2, 0) is 0 Å². The van der Waals surface area contributed by atoms with Crippen molar-refractivity contribution in [3.63, 3.8) is 0 Å². The molecular formula is C37H25NO2. The minimum Gasteiger partial charge on any atom is -0.422 e. The summed E-state index contributed by atoms with van der Waals surface area (Å²) in [4.78, 5) is 15.0. The number of hydrogen-bond donors (Lipinski definition) is 0. The van der Waals surface area contributed by atoms with Gasteiger partial charge in [0.15, 0.2) is 0 Å². The highest BCUT2D eigenvalue weighted by atomic mass is 16.4. The fourth-order valence-corrected chi connectivity index (χ4v) is 5.32. The molecule has 0 saturated heterocycles. The van der Waals surface area contributed by atoms with Gasteiger partial charge in [-0.2, -0.15) is 0 Å². The fourth-order valence-electron chi connectivity index (χ4n) is 5.32. The van der Waals surface area contributed by atoms with E-state index in [-0.39, 0.29) is 5.63 Å². The molecule has 0 unspecified atom stereocenters. The molecule has 0 atom stereocenters. The van der Waals surface area contributed by atoms with Gasteiger partial charge in [-0.3, -0.25) is 0 Å². The van der Waals surface area contributed by atoms with E-state index in [0.717, 1.165) is 39.0 Å². The highest BCUT2D eigenvalue weighted by Crippen LogP contribution is 2.37. The van der Waals surface area contributed by atoms with E-state index >= 15 is 0 Å². The molecule has 0 aliphatic rings. The highest BCUT2D eigenvalue weighted by molar-refractivity contribution is 6.05. The lowest BCUT2D eigenvalue weighted by atomic mass is 10.00. The maximum absolute atomic E-state index is 12.8. The predicted molar refractivity (Wildman–Crippen MR) is 166 cm³/mol. The van der Waals surface area contributed by atoms with Crippen LogP contribution in [0.3, 0.4) is 0 Å². The average molecular weight is 516 g/mol. The molecule has 0 bridgehead atoms. The van der Waals surface area contributed by atoms with Crippen molar-refractivity contribution in [2.75, 3.05) is 4.90 Å². The van der Waals surface area contributed by atoms with Crippen molar-refractivity contribution in [2.24, 2.45) is 0 Å². The van der Waals surface area contributed by atoms with Crippen LogP contribution >= 0.6 is 0 Å². The van der Waals surface area contributed by atoms with Gasteiger partial charge in [0.2, 0.25) is 0 Å². The lowest BCUT2D eigenvalue weighted by Gasteiger charge is -2.26. The largest absolute Gasteiger partial charge is 0.422 e. The first-order chi connectivity index (χ1) is 19.7. The molecule has 7 aromatic rings. The van der Waals surface area contributed by atoms with Crippen LogP contribution in [0.25, 0.3) is 44.0 Å². The quantitative estimate of drug-likeness (QED) is 0.169. The van der Waals surface area contributed by atoms with Crippen LogP contribution in [0, 0.1) is 0 Å². The van der Waals surface area contributed by atoms with Gasteiger partial charge in [0.1, 0.15) is 5.58 Å². The lowest BCUT2D eigenvalue weighted by Crippen LogP contribution is -2.09. The summed E-state index contributed by atoms with van der Waals surface area (Å²) in [6.07, 6.45) is 0. The molecule has 190 valence electrons. The Bertz CT molecular complexity index is 1990. The normalized spacial score (nSPS) is 11.1. The first-order valence-corrected chi connectivity index (χ1v) is 13.3. The minimum atomic E-state index is -0.318. The predicted octanol–water partition coefficient (Wildman–Crippen LogP) is 9.75. The van der Waals surface area contributed by atoms with E-state index < -0.39 is 0 Å². The number of hydrogen-bond acceptors (Lipinski definition) is 3. The van der Waals surface area contributed by atoms with Gasteiger partial charge < -0.3 is 9.32 Å². The number of anilines is 3. The van der Waals surface area contributed by atoms with Gasteiger partial charge in [0, 0.05) is 22.4 Å². The Morgan fingerprint density at radius 1 is 0.400 bits per heavy atom. The van der Waals surface area contributed by atoms with E-state index in [0.29, 0.717) is 11.0 Å². The molecule has 1 heterocycles. The van der Waals surface area contributed by atoms with Crippen molar-refractivity contribution in [3.8, 4) is 22.3 Å². The van der Waals surface area contributed by atoms with E-state index in [1.54, 1.807) is 0 Å². The van der Waals surface area contributed by atoms with E-state index in [4.69, 9.17) is 4.42 Å². The molecule has 7 rings (SSSR count). The number of rotatable bonds is 5. The van der Waals surface area contributed by atoms with Gasteiger partial charge in [-0.1, -0.05) is 103 Å². The molecule has 0 spiro atoms. The van der Waals surface area contributed by atoms with E-state index in [1.165, 1.54) is 11.1 Å². The van der Waals surface area contributed by atoms with Crippen molar-refractivity contribution >= 4 is 38.8 Å². The minimum absolute atomic E-state index is 0.318. The van der Waals surface area contributed by atoms with Crippen molar-refractivity contribution < 1.29 is 4.42 Å². The Morgan fingerprint density at radius 2 is 0.900 bits per heavy atom. The van der Waals surface area contributed by atoms with Gasteiger partial charge in [0.25, 0.3) is 0 Å². The summed E-state index contributed by atoms with van der Waals surface area (Å²) in [7, 11) is 0. The SMILES string of the molecule is O=c1oc2ccccc2c2ccc(-c3ccc(N(c4ccccc4)c4ccc(-c5ccccc5)cc4)cc3)cc12. The third-order valence-electron chi connectivity index (χ3n) is 7.33. The van der Waals surface area contributed by atoms with Crippen molar-refractivity contribution in [1.82, 2.24) is 0 Å². The fraction of sp³-hybridized carbons (Fsp3) is 0. The van der Waals surface area contributed by atoms with E-state index in [9.17, 15) is 4.79 Å². The van der Waals surface area contributed by atoms with Gasteiger partial charge in [-0.05, 0) is 76.2 Å². The van der Waals surface area contributed by atoms with Crippen LogP contribution in [0.5, 0.6) is 0 Å². The second-order valence-electron chi connectivity index (χ2n) is 9.78. The van der Waals surface area contributed by atoms with Gasteiger partial charge in [-0.15, -0.1) is 0 Å². The van der Waals surface area contributed by atoms with Crippen LogP contribution in [0.4, 0.5) is 17.1 Å². The first-order valence-electron chi connectivity index (χ1n) is 13.3. The van der Waals surface area contributed by atoms with Crippen molar-refractivity contribution in [1.29, 1.82) is 0 Å². The standard InChI is InChI=1S/C37H25NO2/c39-37-35-25-29(19-24-33(35)34-13-7-8-14-36(34)40-37)28-17-22-32(23-18-28)38(30-11-5-2-6-12-30)31-20-15-27(16-21-31)26-9-3-1-4-10-26/h1-25H. The molecule has 0 saturated carbocycles. The maximum atomic E-state index is 12.8. The summed E-state index contributed by atoms with van der Waals surface area (Å²) in [6, 6.07) is 51.6. The molecule has 6 aromatic carbocycles. The lowest BCUT2D eigenvalue weighted by molar-refractivity contribution is 0.569. The zero-order valence-electron chi connectivity index (χ0n) is 21.7. The van der Waals surface area contributed by atoms with Gasteiger partial charge >= 0.3 is 5.63 Å². The molecule has 0 aliphatic carbocycles. The van der Waals surface area contributed by atoms with E-state index in [2.05, 4.69) is 108 Å². The molecule has 0 N–H and O–H groups in total. The third kappa shape index (κ3) is 4.34. The molecule has 1 aromatic heterocycles. The number of para-hydroxylation sites is 2. The van der Waals surface area contributed by atoms with Gasteiger partial charge in [0.05, 0.1) is 5.39 Å². The Labute approximate surface area is 232 Å². The zero-order chi connectivity index (χ0) is 26.9. The van der Waals surface area contributed by atoms with Crippen LogP contribution in [-0.4, -0.2) is 0 Å². The molecule has 0 aliphatic heterocycles. The van der Waals surface area contributed by atoms with Crippen LogP contribution in [0.1, 0.15) is 0 Å². The molecule has 0 amide bonds. The molecule has 40 heavy (non-hydrogen) atoms. The third-order valence-corrected chi connectivity index (χ3v) is 7.33. The molecule has 0 radical (unpaired) electrons. The maximum Gasteiger partial charge on any atom is 0.344 e. The topological polar surface area (TPSA) is 33.5 Å². The van der Waals surface area contributed by atoms with Gasteiger partial charge in [-0.25, -0.2) is 4.79 Å². The Morgan fingerprint density at radius 3 is 1.57 bits per heavy atom. The smallest absolute Gasteiger partial charge is 0.344 e. The van der Waals surface area contributed by atoms with Crippen LogP contribution in [0.2, 0.25) is 0 Å². The second-order valence-corrected chi connectivity index (χ2v) is 9.78. The number of nitrogens with zero attached hydrogens (tertiary/aromatic N) is 1. The number of benzene rings is 6. The van der Waals surface area contributed by atoms with Crippen LogP contribution in [0.15, 0.2) is 161 Å². The summed E-state index contributed by atoms with van der Waals surface area (Å²) in [6.45, 7) is 0. The summed E-state index contributed by atoms with van der Waals surface area (Å²) in [5.41, 5.74) is 7.88. The Hall–Kier alpha value is -5.41. The molecule has 3 heteroatoms. The molecule has 3 nitrogen and oxygen atoms in total. The van der Waals surface area contributed by atoms with E-state index in [1.807, 2.05) is 48.5 Å². The number of fused-ring (bicyclic) bond motifs is 3. The first kappa shape index (κ1) is 23.7. The summed E-state index contributed by atoms with van der Waals surface area (Å²) >= 11 is 0. The summed E-state index contributed by atoms with van der Waals surface area (Å²) in [5, 5.41) is 2.43. The summed E-state index contributed by atoms with van der Waals surface area (Å²) < 4.78 is 5.59. The average Bonchev–Trinajstić information content (AvgIpc) is 3.03.